The molecule has 2 aromatic rings. The Labute approximate surface area is 155 Å². The summed E-state index contributed by atoms with van der Waals surface area (Å²) in [6, 6.07) is 12.0. The van der Waals surface area contributed by atoms with Crippen LogP contribution in [0.1, 0.15) is 49.4 Å². The van der Waals surface area contributed by atoms with Gasteiger partial charge in [-0.25, -0.2) is 0 Å². The minimum Gasteiger partial charge on any atom is -0.496 e. The smallest absolute Gasteiger partial charge is 0.318 e. The highest BCUT2D eigenvalue weighted by molar-refractivity contribution is 5.95. The van der Waals surface area contributed by atoms with Crippen LogP contribution in [-0.4, -0.2) is 18.9 Å². The molecule has 0 aliphatic rings. The molecule has 0 saturated carbocycles. The van der Waals surface area contributed by atoms with Crippen LogP contribution in [-0.2, 0) is 15.0 Å². The summed E-state index contributed by atoms with van der Waals surface area (Å²) in [7, 11) is 1.67. The van der Waals surface area contributed by atoms with Gasteiger partial charge >= 0.3 is 5.97 Å². The molecule has 0 amide bonds. The van der Waals surface area contributed by atoms with Crippen LogP contribution in [0.25, 0.3) is 0 Å². The zero-order valence-corrected chi connectivity index (χ0v) is 16.3. The van der Waals surface area contributed by atoms with Crippen molar-refractivity contribution in [3.63, 3.8) is 0 Å². The number of ether oxygens (including phenoxy) is 2. The molecule has 0 spiro atoms. The average molecular weight is 354 g/mol. The number of methoxy groups -OCH3 is 1. The molecule has 4 nitrogen and oxygen atoms in total. The quantitative estimate of drug-likeness (QED) is 0.435. The van der Waals surface area contributed by atoms with Gasteiger partial charge in [0.05, 0.1) is 7.11 Å². The van der Waals surface area contributed by atoms with E-state index in [0.717, 1.165) is 22.4 Å². The largest absolute Gasteiger partial charge is 0.496 e. The maximum atomic E-state index is 11.7. The Balaban J connectivity index is 2.30. The van der Waals surface area contributed by atoms with Crippen molar-refractivity contribution in [2.24, 2.45) is 0 Å². The molecule has 2 rings (SSSR count). The molecule has 0 aromatic heterocycles. The predicted molar refractivity (Wildman–Crippen MR) is 102 cm³/mol. The van der Waals surface area contributed by atoms with Gasteiger partial charge in [0.25, 0.3) is 0 Å². The van der Waals surface area contributed by atoms with Gasteiger partial charge in [-0.05, 0) is 55.2 Å². The van der Waals surface area contributed by atoms with Crippen LogP contribution in [0.2, 0.25) is 0 Å². The van der Waals surface area contributed by atoms with Crippen LogP contribution in [0.15, 0.2) is 36.4 Å². The number of benzene rings is 2. The first-order valence-electron chi connectivity index (χ1n) is 8.61. The molecule has 0 bridgehead atoms. The Morgan fingerprint density at radius 2 is 1.42 bits per heavy atom. The second-order valence-corrected chi connectivity index (χ2v) is 7.14. The monoisotopic (exact) mass is 354 g/mol. The minimum absolute atomic E-state index is 0.208. The van der Waals surface area contributed by atoms with Gasteiger partial charge in [-0.1, -0.05) is 38.1 Å². The first-order chi connectivity index (χ1) is 12.1. The Bertz CT molecular complexity index is 834. The van der Waals surface area contributed by atoms with Crippen LogP contribution >= 0.6 is 0 Å². The molecule has 0 atom stereocenters. The van der Waals surface area contributed by atoms with Crippen molar-refractivity contribution in [3.05, 3.63) is 58.7 Å². The van der Waals surface area contributed by atoms with E-state index in [-0.39, 0.29) is 17.6 Å². The lowest BCUT2D eigenvalue weighted by molar-refractivity contribution is -0.137. The van der Waals surface area contributed by atoms with Gasteiger partial charge < -0.3 is 9.47 Å². The Morgan fingerprint density at radius 3 is 1.85 bits per heavy atom. The summed E-state index contributed by atoms with van der Waals surface area (Å²) in [6.45, 7) is 9.61. The van der Waals surface area contributed by atoms with Crippen molar-refractivity contribution in [1.29, 1.82) is 0 Å². The fourth-order valence-corrected chi connectivity index (χ4v) is 2.95. The topological polar surface area (TPSA) is 52.6 Å². The van der Waals surface area contributed by atoms with Gasteiger partial charge in [-0.15, -0.1) is 0 Å². The van der Waals surface area contributed by atoms with Crippen LogP contribution in [0.5, 0.6) is 11.5 Å². The van der Waals surface area contributed by atoms with Crippen LogP contribution in [0.3, 0.4) is 0 Å². The Morgan fingerprint density at radius 1 is 0.923 bits per heavy atom. The zero-order chi connectivity index (χ0) is 19.5. The molecule has 4 heteroatoms. The second-order valence-electron chi connectivity index (χ2n) is 7.14. The number of ketones is 1. The lowest BCUT2D eigenvalue weighted by Crippen LogP contribution is -2.19. The van der Waals surface area contributed by atoms with Crippen LogP contribution < -0.4 is 9.47 Å². The number of esters is 1. The summed E-state index contributed by atoms with van der Waals surface area (Å²) in [5.41, 5.74) is 4.02. The van der Waals surface area contributed by atoms with E-state index >= 15 is 0 Å². The molecular weight excluding hydrogens is 328 g/mol. The van der Waals surface area contributed by atoms with E-state index in [0.29, 0.717) is 5.75 Å². The molecule has 0 aliphatic heterocycles. The molecule has 0 unspecified atom stereocenters. The third kappa shape index (κ3) is 4.31. The first kappa shape index (κ1) is 19.7. The van der Waals surface area contributed by atoms with Crippen molar-refractivity contribution in [1.82, 2.24) is 0 Å². The number of hydrogen-bond donors (Lipinski definition) is 0. The average Bonchev–Trinajstić information content (AvgIpc) is 2.55. The first-order valence-corrected chi connectivity index (χ1v) is 8.61. The van der Waals surface area contributed by atoms with Crippen molar-refractivity contribution >= 4 is 11.8 Å². The van der Waals surface area contributed by atoms with Crippen molar-refractivity contribution < 1.29 is 19.1 Å². The highest BCUT2D eigenvalue weighted by Gasteiger charge is 2.24. The normalized spacial score (nSPS) is 11.2. The molecular formula is C22H26O4. The van der Waals surface area contributed by atoms with E-state index in [9.17, 15) is 9.59 Å². The maximum Gasteiger partial charge on any atom is 0.318 e. The van der Waals surface area contributed by atoms with E-state index in [2.05, 4.69) is 26.0 Å². The van der Waals surface area contributed by atoms with Crippen LogP contribution in [0.4, 0.5) is 0 Å². The lowest BCUT2D eigenvalue weighted by atomic mass is 9.77. The molecule has 2 aromatic carbocycles. The molecule has 0 saturated heterocycles. The number of hydrogen-bond acceptors (Lipinski definition) is 4. The number of carbonyl (C=O) groups is 2. The lowest BCUT2D eigenvalue weighted by Gasteiger charge is -2.27. The molecule has 138 valence electrons. The summed E-state index contributed by atoms with van der Waals surface area (Å²) in [5, 5.41) is 0. The minimum atomic E-state index is -0.529. The van der Waals surface area contributed by atoms with E-state index in [1.807, 2.05) is 32.0 Å². The van der Waals surface area contributed by atoms with Gasteiger partial charge in [-0.3, -0.25) is 9.59 Å². The predicted octanol–water partition coefficient (Wildman–Crippen LogP) is 4.52. The summed E-state index contributed by atoms with van der Waals surface area (Å²) in [6.07, 6.45) is -0.211. The fourth-order valence-electron chi connectivity index (χ4n) is 2.95. The summed E-state index contributed by atoms with van der Waals surface area (Å²) >= 11 is 0. The third-order valence-electron chi connectivity index (χ3n) is 4.63. The van der Waals surface area contributed by atoms with E-state index in [1.54, 1.807) is 13.2 Å². The number of rotatable bonds is 6. The van der Waals surface area contributed by atoms with Gasteiger partial charge in [0.1, 0.15) is 23.7 Å². The summed E-state index contributed by atoms with van der Waals surface area (Å²) in [5.74, 6) is 0.619. The van der Waals surface area contributed by atoms with Crippen molar-refractivity contribution in [3.8, 4) is 11.5 Å². The van der Waals surface area contributed by atoms with E-state index in [1.165, 1.54) is 12.5 Å². The Hall–Kier alpha value is -2.62. The van der Waals surface area contributed by atoms with Gasteiger partial charge in [-0.2, -0.15) is 0 Å². The molecule has 0 radical (unpaired) electrons. The van der Waals surface area contributed by atoms with E-state index < -0.39 is 5.97 Å². The van der Waals surface area contributed by atoms with Crippen molar-refractivity contribution in [2.45, 2.75) is 46.5 Å². The summed E-state index contributed by atoms with van der Waals surface area (Å²) in [4.78, 5) is 22.8. The molecule has 0 aliphatic carbocycles. The highest BCUT2D eigenvalue weighted by atomic mass is 16.5. The molecule has 0 fully saturated rings. The molecule has 0 heterocycles. The van der Waals surface area contributed by atoms with Gasteiger partial charge in [0.2, 0.25) is 0 Å². The highest BCUT2D eigenvalue weighted by Crippen LogP contribution is 2.35. The van der Waals surface area contributed by atoms with Crippen LogP contribution in [0, 0.1) is 13.8 Å². The maximum absolute atomic E-state index is 11.7. The third-order valence-corrected chi connectivity index (χ3v) is 4.63. The Kier molecular flexibility index (Phi) is 5.86. The SMILES string of the molecule is COc1ccc(C(C)(C)c2ccc(OC(=O)CC(C)=O)c(C)c2)cc1C. The standard InChI is InChI=1S/C22H26O4/c1-14-11-17(7-9-19(14)25-6)22(4,5)18-8-10-20(15(2)12-18)26-21(24)13-16(3)23/h7-12H,13H2,1-6H3. The zero-order valence-electron chi connectivity index (χ0n) is 16.3. The summed E-state index contributed by atoms with van der Waals surface area (Å²) < 4.78 is 10.6. The van der Waals surface area contributed by atoms with Crippen molar-refractivity contribution in [2.75, 3.05) is 7.11 Å². The van der Waals surface area contributed by atoms with Gasteiger partial charge in [0.15, 0.2) is 0 Å². The molecule has 26 heavy (non-hydrogen) atoms. The second kappa shape index (κ2) is 7.73. The number of aryl methyl sites for hydroxylation is 2. The fraction of sp³-hybridized carbons (Fsp3) is 0.364. The molecule has 0 N–H and O–H groups in total. The number of carbonyl (C=O) groups excluding carboxylic acids is 2. The number of Topliss-reactive ketones (excluding diaryl/α,β-unsaturated/α-hetero) is 1. The van der Waals surface area contributed by atoms with E-state index in [4.69, 9.17) is 9.47 Å². The van der Waals surface area contributed by atoms with Gasteiger partial charge in [0, 0.05) is 5.41 Å².